The first-order valence-electron chi connectivity index (χ1n) is 6.10. The highest BCUT2D eigenvalue weighted by molar-refractivity contribution is 5.70. The number of rotatable bonds is 6. The number of hydrogen-bond donors (Lipinski definition) is 1. The second kappa shape index (κ2) is 4.92. The first kappa shape index (κ1) is 12.2. The van der Waals surface area contributed by atoms with Crippen LogP contribution in [0.3, 0.4) is 0 Å². The Morgan fingerprint density at radius 2 is 2.29 bits per heavy atom. The molecular weight excluding hydrogens is 218 g/mol. The van der Waals surface area contributed by atoms with E-state index in [1.165, 1.54) is 0 Å². The zero-order valence-electron chi connectivity index (χ0n) is 10.3. The number of furan rings is 1. The van der Waals surface area contributed by atoms with Crippen molar-refractivity contribution in [2.45, 2.75) is 45.3 Å². The SMILES string of the molecule is CC(C(=O)O)C(C)N(Cc1ccco1)C1CC1. The third-order valence-corrected chi connectivity index (χ3v) is 3.57. The maximum absolute atomic E-state index is 11.0. The fourth-order valence-electron chi connectivity index (χ4n) is 2.09. The van der Waals surface area contributed by atoms with Gasteiger partial charge in [0.15, 0.2) is 0 Å². The van der Waals surface area contributed by atoms with Crippen molar-refractivity contribution in [1.82, 2.24) is 4.90 Å². The zero-order chi connectivity index (χ0) is 12.4. The Balaban J connectivity index is 2.04. The maximum atomic E-state index is 11.0. The minimum absolute atomic E-state index is 0.0325. The van der Waals surface area contributed by atoms with Crippen LogP contribution in [0.5, 0.6) is 0 Å². The highest BCUT2D eigenvalue weighted by Crippen LogP contribution is 2.32. The van der Waals surface area contributed by atoms with Crippen LogP contribution in [0.25, 0.3) is 0 Å². The lowest BCUT2D eigenvalue weighted by molar-refractivity contribution is -0.143. The van der Waals surface area contributed by atoms with Crippen LogP contribution in [0.1, 0.15) is 32.4 Å². The summed E-state index contributed by atoms with van der Waals surface area (Å²) in [7, 11) is 0. The topological polar surface area (TPSA) is 53.7 Å². The van der Waals surface area contributed by atoms with Crippen molar-refractivity contribution in [3.63, 3.8) is 0 Å². The van der Waals surface area contributed by atoms with Crippen molar-refractivity contribution in [2.75, 3.05) is 0 Å². The van der Waals surface area contributed by atoms with E-state index in [1.807, 2.05) is 19.1 Å². The molecule has 0 radical (unpaired) electrons. The lowest BCUT2D eigenvalue weighted by Crippen LogP contribution is -2.41. The molecule has 0 bridgehead atoms. The van der Waals surface area contributed by atoms with Gasteiger partial charge >= 0.3 is 5.97 Å². The molecule has 0 aromatic carbocycles. The number of nitrogens with zero attached hydrogens (tertiary/aromatic N) is 1. The Bertz CT molecular complexity index is 370. The molecule has 1 aromatic rings. The van der Waals surface area contributed by atoms with Gasteiger partial charge in [-0.3, -0.25) is 9.69 Å². The lowest BCUT2D eigenvalue weighted by Gasteiger charge is -2.30. The standard InChI is InChI=1S/C13H19NO3/c1-9(13(15)16)10(2)14(11-5-6-11)8-12-4-3-7-17-12/h3-4,7,9-11H,5-6,8H2,1-2H3,(H,15,16). The van der Waals surface area contributed by atoms with Crippen LogP contribution >= 0.6 is 0 Å². The third-order valence-electron chi connectivity index (χ3n) is 3.57. The average Bonchev–Trinajstić information content (AvgIpc) is 3.01. The number of carboxylic acids is 1. The van der Waals surface area contributed by atoms with E-state index in [0.717, 1.165) is 18.6 Å². The van der Waals surface area contributed by atoms with Gasteiger partial charge in [-0.15, -0.1) is 0 Å². The van der Waals surface area contributed by atoms with Gasteiger partial charge in [-0.1, -0.05) is 6.92 Å². The first-order valence-corrected chi connectivity index (χ1v) is 6.10. The van der Waals surface area contributed by atoms with E-state index in [0.29, 0.717) is 12.6 Å². The summed E-state index contributed by atoms with van der Waals surface area (Å²) in [5.74, 6) is -0.186. The van der Waals surface area contributed by atoms with E-state index in [-0.39, 0.29) is 12.0 Å². The molecule has 94 valence electrons. The first-order chi connectivity index (χ1) is 8.09. The Morgan fingerprint density at radius 1 is 1.59 bits per heavy atom. The number of carbonyl (C=O) groups is 1. The second-order valence-corrected chi connectivity index (χ2v) is 4.85. The fraction of sp³-hybridized carbons (Fsp3) is 0.615. The van der Waals surface area contributed by atoms with E-state index in [1.54, 1.807) is 13.2 Å². The quantitative estimate of drug-likeness (QED) is 0.825. The molecule has 2 unspecified atom stereocenters. The summed E-state index contributed by atoms with van der Waals surface area (Å²) >= 11 is 0. The van der Waals surface area contributed by atoms with Crippen molar-refractivity contribution < 1.29 is 14.3 Å². The summed E-state index contributed by atoms with van der Waals surface area (Å²) < 4.78 is 5.34. The molecule has 1 aliphatic carbocycles. The van der Waals surface area contributed by atoms with E-state index in [9.17, 15) is 4.79 Å². The van der Waals surface area contributed by atoms with Crippen molar-refractivity contribution in [3.05, 3.63) is 24.2 Å². The molecule has 1 heterocycles. The minimum atomic E-state index is -0.734. The van der Waals surface area contributed by atoms with Crippen LogP contribution in [0.15, 0.2) is 22.8 Å². The molecule has 1 fully saturated rings. The van der Waals surface area contributed by atoms with Crippen LogP contribution in [0.2, 0.25) is 0 Å². The highest BCUT2D eigenvalue weighted by atomic mass is 16.4. The summed E-state index contributed by atoms with van der Waals surface area (Å²) in [6, 6.07) is 4.36. The highest BCUT2D eigenvalue weighted by Gasteiger charge is 2.36. The molecule has 1 aromatic heterocycles. The molecule has 0 amide bonds. The van der Waals surface area contributed by atoms with Gasteiger partial charge in [0.25, 0.3) is 0 Å². The van der Waals surface area contributed by atoms with Crippen LogP contribution in [0.4, 0.5) is 0 Å². The summed E-state index contributed by atoms with van der Waals surface area (Å²) in [5, 5.41) is 9.08. The molecular formula is C13H19NO3. The molecule has 4 heteroatoms. The molecule has 1 saturated carbocycles. The average molecular weight is 237 g/mol. The van der Waals surface area contributed by atoms with E-state index < -0.39 is 5.97 Å². The van der Waals surface area contributed by atoms with Crippen LogP contribution in [-0.2, 0) is 11.3 Å². The smallest absolute Gasteiger partial charge is 0.307 e. The Morgan fingerprint density at radius 3 is 2.76 bits per heavy atom. The predicted octanol–water partition coefficient (Wildman–Crippen LogP) is 2.35. The summed E-state index contributed by atoms with van der Waals surface area (Å²) in [6.45, 7) is 4.46. The molecule has 0 spiro atoms. The number of aliphatic carboxylic acids is 1. The Labute approximate surface area is 101 Å². The van der Waals surface area contributed by atoms with Gasteiger partial charge in [-0.25, -0.2) is 0 Å². The van der Waals surface area contributed by atoms with Gasteiger partial charge in [-0.05, 0) is 31.9 Å². The van der Waals surface area contributed by atoms with Gasteiger partial charge < -0.3 is 9.52 Å². The summed E-state index contributed by atoms with van der Waals surface area (Å²) in [4.78, 5) is 13.3. The van der Waals surface area contributed by atoms with Crippen molar-refractivity contribution in [3.8, 4) is 0 Å². The lowest BCUT2D eigenvalue weighted by atomic mass is 10.0. The second-order valence-electron chi connectivity index (χ2n) is 4.85. The van der Waals surface area contributed by atoms with E-state index in [2.05, 4.69) is 4.90 Å². The Kier molecular flexibility index (Phi) is 3.52. The van der Waals surface area contributed by atoms with Crippen molar-refractivity contribution in [2.24, 2.45) is 5.92 Å². The monoisotopic (exact) mass is 237 g/mol. The number of hydrogen-bond acceptors (Lipinski definition) is 3. The minimum Gasteiger partial charge on any atom is -0.481 e. The zero-order valence-corrected chi connectivity index (χ0v) is 10.3. The van der Waals surface area contributed by atoms with Gasteiger partial charge in [0.2, 0.25) is 0 Å². The van der Waals surface area contributed by atoms with Crippen molar-refractivity contribution >= 4 is 5.97 Å². The van der Waals surface area contributed by atoms with Gasteiger partial charge in [0.05, 0.1) is 18.7 Å². The van der Waals surface area contributed by atoms with Crippen LogP contribution < -0.4 is 0 Å². The fourth-order valence-corrected chi connectivity index (χ4v) is 2.09. The van der Waals surface area contributed by atoms with E-state index >= 15 is 0 Å². The van der Waals surface area contributed by atoms with Crippen LogP contribution in [-0.4, -0.2) is 28.1 Å². The predicted molar refractivity (Wildman–Crippen MR) is 63.5 cm³/mol. The summed E-state index contributed by atoms with van der Waals surface area (Å²) in [5.41, 5.74) is 0. The number of carboxylic acid groups (broad SMARTS) is 1. The molecule has 2 rings (SSSR count). The Hall–Kier alpha value is -1.29. The molecule has 1 N–H and O–H groups in total. The van der Waals surface area contributed by atoms with Gasteiger partial charge in [-0.2, -0.15) is 0 Å². The van der Waals surface area contributed by atoms with Crippen molar-refractivity contribution in [1.29, 1.82) is 0 Å². The molecule has 4 nitrogen and oxygen atoms in total. The normalized spacial score (nSPS) is 19.2. The third kappa shape index (κ3) is 2.88. The van der Waals surface area contributed by atoms with Crippen LogP contribution in [0, 0.1) is 5.92 Å². The van der Waals surface area contributed by atoms with Gasteiger partial charge in [0, 0.05) is 12.1 Å². The largest absolute Gasteiger partial charge is 0.481 e. The van der Waals surface area contributed by atoms with Gasteiger partial charge in [0.1, 0.15) is 5.76 Å². The molecule has 0 aliphatic heterocycles. The summed E-state index contributed by atoms with van der Waals surface area (Å²) in [6.07, 6.45) is 3.99. The molecule has 2 atom stereocenters. The molecule has 0 saturated heterocycles. The maximum Gasteiger partial charge on any atom is 0.307 e. The molecule has 17 heavy (non-hydrogen) atoms. The van der Waals surface area contributed by atoms with E-state index in [4.69, 9.17) is 9.52 Å². The molecule has 1 aliphatic rings.